The van der Waals surface area contributed by atoms with Crippen molar-refractivity contribution in [1.82, 2.24) is 5.32 Å². The number of alkyl carbamates (subject to hydrolysis) is 1. The molecule has 0 saturated carbocycles. The smallest absolute Gasteiger partial charge is 0.507 e. The number of aromatic hydroxyl groups is 1. The Balaban J connectivity index is 1.71. The van der Waals surface area contributed by atoms with Crippen LogP contribution >= 0.6 is 0 Å². The number of benzene rings is 2. The van der Waals surface area contributed by atoms with Gasteiger partial charge in [-0.05, 0) is 24.1 Å². The molecule has 0 bridgehead atoms. The summed E-state index contributed by atoms with van der Waals surface area (Å²) in [5.74, 6) is -0.844. The van der Waals surface area contributed by atoms with Crippen molar-refractivity contribution < 1.29 is 32.5 Å². The monoisotopic (exact) mass is 381 g/mol. The molecule has 1 amide bonds. The number of ether oxygens (including phenoxy) is 2. The van der Waals surface area contributed by atoms with Crippen LogP contribution in [-0.2, 0) is 11.3 Å². The molecule has 0 spiro atoms. The maximum absolute atomic E-state index is 12.1. The summed E-state index contributed by atoms with van der Waals surface area (Å²) in [5.41, 5.74) is 1.21. The Bertz CT molecular complexity index is 776. The zero-order valence-electron chi connectivity index (χ0n) is 14.2. The summed E-state index contributed by atoms with van der Waals surface area (Å²) in [6.07, 6.45) is -1.73. The Morgan fingerprint density at radius 1 is 1.15 bits per heavy atom. The Kier molecular flexibility index (Phi) is 7.10. The Morgan fingerprint density at radius 3 is 2.56 bits per heavy atom. The van der Waals surface area contributed by atoms with Crippen molar-refractivity contribution in [3.63, 3.8) is 0 Å². The second-order valence-electron chi connectivity index (χ2n) is 5.45. The Labute approximate surface area is 154 Å². The van der Waals surface area contributed by atoms with E-state index in [2.05, 4.69) is 10.1 Å². The normalized spacial score (nSPS) is 11.4. The molecule has 0 aliphatic heterocycles. The number of carbonyl (C=O) groups is 1. The molecule has 2 aromatic carbocycles. The quantitative estimate of drug-likeness (QED) is 0.687. The molecule has 2 aromatic rings. The minimum absolute atomic E-state index is 0.169. The van der Waals surface area contributed by atoms with Gasteiger partial charge in [-0.15, -0.1) is 13.2 Å². The second-order valence-corrected chi connectivity index (χ2v) is 5.45. The van der Waals surface area contributed by atoms with Crippen molar-refractivity contribution >= 4 is 12.2 Å². The SMILES string of the molecule is O=C(NCCC=Cc1ccc(OC(F)(F)F)cc1O)OCc1ccccc1. The zero-order valence-corrected chi connectivity index (χ0v) is 14.2. The van der Waals surface area contributed by atoms with Gasteiger partial charge in [-0.1, -0.05) is 42.5 Å². The van der Waals surface area contributed by atoms with Crippen molar-refractivity contribution in [2.24, 2.45) is 0 Å². The standard InChI is InChI=1S/C19H18F3NO4/c20-19(21,22)27-16-10-9-15(17(24)12-16)8-4-5-11-23-18(25)26-13-14-6-2-1-3-7-14/h1-4,6-10,12,24H,5,11,13H2,(H,23,25). The molecule has 0 heterocycles. The van der Waals surface area contributed by atoms with E-state index in [0.29, 0.717) is 18.5 Å². The highest BCUT2D eigenvalue weighted by Crippen LogP contribution is 2.28. The van der Waals surface area contributed by atoms with Crippen LogP contribution in [0.25, 0.3) is 6.08 Å². The first kappa shape index (κ1) is 20.2. The highest BCUT2D eigenvalue weighted by atomic mass is 19.4. The summed E-state index contributed by atoms with van der Waals surface area (Å²) in [6, 6.07) is 12.5. The number of hydrogen-bond acceptors (Lipinski definition) is 4. The fourth-order valence-corrected chi connectivity index (χ4v) is 2.10. The number of nitrogens with one attached hydrogen (secondary N) is 1. The molecule has 0 aromatic heterocycles. The number of amides is 1. The maximum Gasteiger partial charge on any atom is 0.573 e. The lowest BCUT2D eigenvalue weighted by Gasteiger charge is -2.09. The Hall–Kier alpha value is -3.16. The third-order valence-electron chi connectivity index (χ3n) is 3.33. The van der Waals surface area contributed by atoms with Crippen LogP contribution in [0.4, 0.5) is 18.0 Å². The van der Waals surface area contributed by atoms with Gasteiger partial charge in [-0.25, -0.2) is 4.79 Å². The van der Waals surface area contributed by atoms with Crippen molar-refractivity contribution in [1.29, 1.82) is 0 Å². The van der Waals surface area contributed by atoms with Crippen LogP contribution in [0.15, 0.2) is 54.6 Å². The fourth-order valence-electron chi connectivity index (χ4n) is 2.10. The highest BCUT2D eigenvalue weighted by molar-refractivity contribution is 5.67. The molecule has 0 aliphatic carbocycles. The predicted molar refractivity (Wildman–Crippen MR) is 93.1 cm³/mol. The van der Waals surface area contributed by atoms with Gasteiger partial charge in [0, 0.05) is 18.2 Å². The van der Waals surface area contributed by atoms with Crippen LogP contribution in [0, 0.1) is 0 Å². The summed E-state index contributed by atoms with van der Waals surface area (Å²) in [4.78, 5) is 11.6. The lowest BCUT2D eigenvalue weighted by molar-refractivity contribution is -0.274. The lowest BCUT2D eigenvalue weighted by atomic mass is 10.1. The number of rotatable bonds is 7. The summed E-state index contributed by atoms with van der Waals surface area (Å²) in [7, 11) is 0. The topological polar surface area (TPSA) is 67.8 Å². The number of halogens is 3. The minimum atomic E-state index is -4.81. The van der Waals surface area contributed by atoms with Crippen LogP contribution in [0.5, 0.6) is 11.5 Å². The highest BCUT2D eigenvalue weighted by Gasteiger charge is 2.31. The van der Waals surface area contributed by atoms with Gasteiger partial charge in [0.1, 0.15) is 18.1 Å². The van der Waals surface area contributed by atoms with Gasteiger partial charge in [0.05, 0.1) is 0 Å². The van der Waals surface area contributed by atoms with Gasteiger partial charge in [-0.2, -0.15) is 0 Å². The first-order chi connectivity index (χ1) is 12.8. The van der Waals surface area contributed by atoms with Crippen LogP contribution in [-0.4, -0.2) is 24.1 Å². The average molecular weight is 381 g/mol. The molecule has 2 rings (SSSR count). The molecular formula is C19H18F3NO4. The van der Waals surface area contributed by atoms with Crippen molar-refractivity contribution in [2.75, 3.05) is 6.54 Å². The van der Waals surface area contributed by atoms with Crippen molar-refractivity contribution in [3.05, 3.63) is 65.7 Å². The molecule has 0 atom stereocenters. The summed E-state index contributed by atoms with van der Waals surface area (Å²) in [5, 5.41) is 12.3. The van der Waals surface area contributed by atoms with E-state index in [0.717, 1.165) is 17.7 Å². The fraction of sp³-hybridized carbons (Fsp3) is 0.211. The van der Waals surface area contributed by atoms with Gasteiger partial charge in [-0.3, -0.25) is 0 Å². The van der Waals surface area contributed by atoms with E-state index in [1.165, 1.54) is 12.1 Å². The van der Waals surface area contributed by atoms with E-state index < -0.39 is 18.2 Å². The molecular weight excluding hydrogens is 363 g/mol. The molecule has 0 unspecified atom stereocenters. The predicted octanol–water partition coefficient (Wildman–Crippen LogP) is 4.62. The van der Waals surface area contributed by atoms with Gasteiger partial charge < -0.3 is 19.9 Å². The molecule has 144 valence electrons. The third-order valence-corrected chi connectivity index (χ3v) is 3.33. The minimum Gasteiger partial charge on any atom is -0.507 e. The molecule has 27 heavy (non-hydrogen) atoms. The van der Waals surface area contributed by atoms with Gasteiger partial charge in [0.15, 0.2) is 0 Å². The molecule has 0 aliphatic rings. The van der Waals surface area contributed by atoms with Crippen molar-refractivity contribution in [3.8, 4) is 11.5 Å². The number of carbonyl (C=O) groups excluding carboxylic acids is 1. The van der Waals surface area contributed by atoms with Crippen molar-refractivity contribution in [2.45, 2.75) is 19.4 Å². The van der Waals surface area contributed by atoms with Crippen LogP contribution in [0.1, 0.15) is 17.5 Å². The third kappa shape index (κ3) is 7.72. The average Bonchev–Trinajstić information content (AvgIpc) is 2.61. The van der Waals surface area contributed by atoms with E-state index in [1.54, 1.807) is 6.08 Å². The number of phenols is 1. The van der Waals surface area contributed by atoms with E-state index in [4.69, 9.17) is 4.74 Å². The van der Waals surface area contributed by atoms with Crippen LogP contribution in [0.3, 0.4) is 0 Å². The lowest BCUT2D eigenvalue weighted by Crippen LogP contribution is -2.24. The van der Waals surface area contributed by atoms with Gasteiger partial charge in [0.2, 0.25) is 0 Å². The second kappa shape index (κ2) is 9.51. The summed E-state index contributed by atoms with van der Waals surface area (Å²) < 4.78 is 45.1. The maximum atomic E-state index is 12.1. The summed E-state index contributed by atoms with van der Waals surface area (Å²) >= 11 is 0. The van der Waals surface area contributed by atoms with Crippen LogP contribution in [0.2, 0.25) is 0 Å². The molecule has 0 fully saturated rings. The Morgan fingerprint density at radius 2 is 1.89 bits per heavy atom. The van der Waals surface area contributed by atoms with Crippen LogP contribution < -0.4 is 10.1 Å². The van der Waals surface area contributed by atoms with Gasteiger partial charge in [0.25, 0.3) is 0 Å². The largest absolute Gasteiger partial charge is 0.573 e. The van der Waals surface area contributed by atoms with E-state index in [-0.39, 0.29) is 12.4 Å². The zero-order chi connectivity index (χ0) is 19.7. The number of phenolic OH excluding ortho intramolecular Hbond substituents is 1. The van der Waals surface area contributed by atoms with E-state index in [9.17, 15) is 23.1 Å². The molecule has 8 heteroatoms. The molecule has 0 saturated heterocycles. The first-order valence-corrected chi connectivity index (χ1v) is 8.03. The first-order valence-electron chi connectivity index (χ1n) is 8.03. The van der Waals surface area contributed by atoms with Gasteiger partial charge >= 0.3 is 12.5 Å². The number of hydrogen-bond donors (Lipinski definition) is 2. The molecule has 0 radical (unpaired) electrons. The number of alkyl halides is 3. The van der Waals surface area contributed by atoms with E-state index in [1.807, 2.05) is 30.3 Å². The van der Waals surface area contributed by atoms with E-state index >= 15 is 0 Å². The molecule has 2 N–H and O–H groups in total. The summed E-state index contributed by atoms with van der Waals surface area (Å²) in [6.45, 7) is 0.475. The molecule has 5 nitrogen and oxygen atoms in total.